The Kier molecular flexibility index (Phi) is 4.63. The molecular weight excluding hydrogens is 366 g/mol. The molecule has 0 saturated heterocycles. The van der Waals surface area contributed by atoms with Crippen LogP contribution in [0.1, 0.15) is 17.0 Å². The highest BCUT2D eigenvalue weighted by molar-refractivity contribution is 5.80. The van der Waals surface area contributed by atoms with Crippen molar-refractivity contribution in [2.45, 2.75) is 6.92 Å². The van der Waals surface area contributed by atoms with Crippen molar-refractivity contribution in [3.63, 3.8) is 0 Å². The lowest BCUT2D eigenvalue weighted by Gasteiger charge is -2.06. The fourth-order valence-electron chi connectivity index (χ4n) is 2.97. The molecule has 0 amide bonds. The Morgan fingerprint density at radius 1 is 1.14 bits per heavy atom. The number of nitrogens with zero attached hydrogens (tertiary/aromatic N) is 6. The maximum absolute atomic E-state index is 8.98. The molecule has 0 bridgehead atoms. The van der Waals surface area contributed by atoms with Gasteiger partial charge in [0.1, 0.15) is 17.9 Å². The Morgan fingerprint density at radius 3 is 2.52 bits per heavy atom. The molecule has 0 saturated carbocycles. The molecule has 0 spiro atoms. The predicted octanol–water partition coefficient (Wildman–Crippen LogP) is 2.77. The monoisotopic (exact) mass is 383 g/mol. The summed E-state index contributed by atoms with van der Waals surface area (Å²) in [5.41, 5.74) is 3.42. The van der Waals surface area contributed by atoms with Crippen LogP contribution in [0.4, 0.5) is 0 Å². The number of nitrogens with one attached hydrogen (secondary N) is 1. The fourth-order valence-corrected chi connectivity index (χ4v) is 2.97. The highest BCUT2D eigenvalue weighted by atomic mass is 16.5. The summed E-state index contributed by atoms with van der Waals surface area (Å²) in [5.74, 6) is 1.46. The Bertz CT molecular complexity index is 1310. The molecule has 1 N–H and O–H groups in total. The standard InChI is InChI=1S/C21H17N7O/c1-14-26-19-20(23)27(25-12-16-5-9-18(29-2)10-6-16)13-24-21(19)28(14)17-7-3-15(11-22)4-8-17/h3-10,12-13,23H,1-2H3. The van der Waals surface area contributed by atoms with Crippen molar-refractivity contribution in [1.29, 1.82) is 10.7 Å². The Hall–Kier alpha value is -4.25. The molecule has 2 aromatic heterocycles. The first-order valence-electron chi connectivity index (χ1n) is 8.81. The topological polar surface area (TPSA) is 105 Å². The van der Waals surface area contributed by atoms with E-state index in [-0.39, 0.29) is 5.49 Å². The molecule has 4 aromatic rings. The van der Waals surface area contributed by atoms with Gasteiger partial charge < -0.3 is 4.74 Å². The predicted molar refractivity (Wildman–Crippen MR) is 108 cm³/mol. The largest absolute Gasteiger partial charge is 0.497 e. The smallest absolute Gasteiger partial charge is 0.177 e. The van der Waals surface area contributed by atoms with Crippen molar-refractivity contribution in [3.05, 3.63) is 77.3 Å². The third-order valence-electron chi connectivity index (χ3n) is 4.47. The Morgan fingerprint density at radius 2 is 1.86 bits per heavy atom. The van der Waals surface area contributed by atoms with Crippen molar-refractivity contribution in [2.24, 2.45) is 5.10 Å². The summed E-state index contributed by atoms with van der Waals surface area (Å²) in [5, 5.41) is 21.8. The average Bonchev–Trinajstić information content (AvgIpc) is 3.10. The SMILES string of the molecule is COc1ccc(C=Nn2cnc3c(nc(C)n3-c3ccc(C#N)cc3)c2=N)cc1. The number of rotatable bonds is 4. The fraction of sp³-hybridized carbons (Fsp3) is 0.0952. The van der Waals surface area contributed by atoms with Gasteiger partial charge in [-0.25, -0.2) is 14.6 Å². The summed E-state index contributed by atoms with van der Waals surface area (Å²) in [6, 6.07) is 16.7. The molecule has 2 heterocycles. The van der Waals surface area contributed by atoms with E-state index in [9.17, 15) is 0 Å². The third kappa shape index (κ3) is 3.37. The zero-order chi connectivity index (χ0) is 20.4. The molecule has 8 heteroatoms. The van der Waals surface area contributed by atoms with Crippen LogP contribution in [0.3, 0.4) is 0 Å². The molecule has 0 aliphatic heterocycles. The number of imidazole rings is 1. The van der Waals surface area contributed by atoms with E-state index in [4.69, 9.17) is 15.4 Å². The molecule has 142 valence electrons. The van der Waals surface area contributed by atoms with Crippen LogP contribution in [0.15, 0.2) is 60.0 Å². The van der Waals surface area contributed by atoms with Crippen LogP contribution in [-0.2, 0) is 0 Å². The van der Waals surface area contributed by atoms with E-state index in [0.29, 0.717) is 22.6 Å². The van der Waals surface area contributed by atoms with Gasteiger partial charge in [-0.05, 0) is 61.0 Å². The molecule has 0 unspecified atom stereocenters. The molecule has 0 fully saturated rings. The lowest BCUT2D eigenvalue weighted by Crippen LogP contribution is -2.18. The van der Waals surface area contributed by atoms with Gasteiger partial charge >= 0.3 is 0 Å². The van der Waals surface area contributed by atoms with Gasteiger partial charge in [0.05, 0.1) is 25.0 Å². The summed E-state index contributed by atoms with van der Waals surface area (Å²) in [6.07, 6.45) is 3.14. The first-order chi connectivity index (χ1) is 14.1. The normalized spacial score (nSPS) is 11.1. The van der Waals surface area contributed by atoms with Crippen molar-refractivity contribution >= 4 is 17.4 Å². The minimum Gasteiger partial charge on any atom is -0.497 e. The van der Waals surface area contributed by atoms with Gasteiger partial charge in [-0.3, -0.25) is 9.98 Å². The molecule has 29 heavy (non-hydrogen) atoms. The van der Waals surface area contributed by atoms with Gasteiger partial charge in [0, 0.05) is 5.69 Å². The maximum Gasteiger partial charge on any atom is 0.177 e. The molecule has 2 aromatic carbocycles. The van der Waals surface area contributed by atoms with E-state index in [0.717, 1.165) is 17.0 Å². The van der Waals surface area contributed by atoms with Gasteiger partial charge in [0.25, 0.3) is 0 Å². The van der Waals surface area contributed by atoms with E-state index >= 15 is 0 Å². The zero-order valence-corrected chi connectivity index (χ0v) is 15.9. The van der Waals surface area contributed by atoms with Gasteiger partial charge in [-0.1, -0.05) is 0 Å². The second-order valence-electron chi connectivity index (χ2n) is 6.28. The van der Waals surface area contributed by atoms with Crippen molar-refractivity contribution < 1.29 is 4.74 Å². The number of aryl methyl sites for hydroxylation is 1. The lowest BCUT2D eigenvalue weighted by molar-refractivity contribution is 0.415. The second kappa shape index (κ2) is 7.40. The first-order valence-corrected chi connectivity index (χ1v) is 8.81. The van der Waals surface area contributed by atoms with Crippen LogP contribution in [0.25, 0.3) is 16.9 Å². The summed E-state index contributed by atoms with van der Waals surface area (Å²) in [6.45, 7) is 1.85. The minimum absolute atomic E-state index is 0.134. The van der Waals surface area contributed by atoms with Crippen LogP contribution in [0, 0.1) is 23.7 Å². The van der Waals surface area contributed by atoms with Crippen LogP contribution in [0.5, 0.6) is 5.75 Å². The number of aromatic nitrogens is 4. The number of nitriles is 1. The van der Waals surface area contributed by atoms with E-state index in [1.54, 1.807) is 25.5 Å². The molecule has 0 atom stereocenters. The molecule has 8 nitrogen and oxygen atoms in total. The highest BCUT2D eigenvalue weighted by Gasteiger charge is 2.13. The van der Waals surface area contributed by atoms with E-state index < -0.39 is 0 Å². The summed E-state index contributed by atoms with van der Waals surface area (Å²) in [4.78, 5) is 8.97. The number of hydrogen-bond donors (Lipinski definition) is 1. The molecular formula is C21H17N7O. The van der Waals surface area contributed by atoms with Crippen molar-refractivity contribution in [1.82, 2.24) is 19.2 Å². The quantitative estimate of drug-likeness (QED) is 0.547. The van der Waals surface area contributed by atoms with Crippen LogP contribution >= 0.6 is 0 Å². The highest BCUT2D eigenvalue weighted by Crippen LogP contribution is 2.18. The van der Waals surface area contributed by atoms with Crippen molar-refractivity contribution in [2.75, 3.05) is 7.11 Å². The van der Waals surface area contributed by atoms with Crippen LogP contribution in [0.2, 0.25) is 0 Å². The molecule has 4 rings (SSSR count). The molecule has 0 radical (unpaired) electrons. The number of fused-ring (bicyclic) bond motifs is 1. The lowest BCUT2D eigenvalue weighted by atomic mass is 10.2. The molecule has 0 aliphatic carbocycles. The number of methoxy groups -OCH3 is 1. The summed E-state index contributed by atoms with van der Waals surface area (Å²) < 4.78 is 8.38. The summed E-state index contributed by atoms with van der Waals surface area (Å²) >= 11 is 0. The maximum atomic E-state index is 8.98. The number of benzene rings is 2. The van der Waals surface area contributed by atoms with E-state index in [1.165, 1.54) is 11.0 Å². The van der Waals surface area contributed by atoms with E-state index in [1.807, 2.05) is 47.9 Å². The molecule has 0 aliphatic rings. The van der Waals surface area contributed by atoms with Gasteiger partial charge in [0.15, 0.2) is 16.7 Å². The average molecular weight is 383 g/mol. The second-order valence-corrected chi connectivity index (χ2v) is 6.28. The van der Waals surface area contributed by atoms with Crippen LogP contribution in [-0.4, -0.2) is 32.5 Å². The van der Waals surface area contributed by atoms with Gasteiger partial charge in [0.2, 0.25) is 0 Å². The third-order valence-corrected chi connectivity index (χ3v) is 4.47. The van der Waals surface area contributed by atoms with Crippen LogP contribution < -0.4 is 10.2 Å². The number of ether oxygens (including phenoxy) is 1. The van der Waals surface area contributed by atoms with E-state index in [2.05, 4.69) is 21.1 Å². The summed E-state index contributed by atoms with van der Waals surface area (Å²) in [7, 11) is 1.62. The van der Waals surface area contributed by atoms with Gasteiger partial charge in [-0.2, -0.15) is 10.4 Å². The number of hydrogen-bond acceptors (Lipinski definition) is 6. The first kappa shape index (κ1) is 18.1. The Labute approximate surface area is 166 Å². The Balaban J connectivity index is 1.73. The zero-order valence-electron chi connectivity index (χ0n) is 15.9. The van der Waals surface area contributed by atoms with Gasteiger partial charge in [-0.15, -0.1) is 0 Å². The van der Waals surface area contributed by atoms with Crippen molar-refractivity contribution in [3.8, 4) is 17.5 Å². The minimum atomic E-state index is 0.134.